The number of amides is 2. The molecule has 1 saturated heterocycles. The fourth-order valence-corrected chi connectivity index (χ4v) is 9.91. The van der Waals surface area contributed by atoms with Crippen molar-refractivity contribution in [2.75, 3.05) is 4.90 Å². The van der Waals surface area contributed by atoms with E-state index in [9.17, 15) is 19.5 Å². The van der Waals surface area contributed by atoms with Crippen LogP contribution in [0.5, 0.6) is 0 Å². The second kappa shape index (κ2) is 7.55. The molecule has 8 atom stereocenters. The van der Waals surface area contributed by atoms with Crippen molar-refractivity contribution in [2.45, 2.75) is 73.1 Å². The van der Waals surface area contributed by atoms with Gasteiger partial charge in [0.1, 0.15) is 0 Å². The second-order valence-electron chi connectivity index (χ2n) is 13.3. The summed E-state index contributed by atoms with van der Waals surface area (Å²) in [6.45, 7) is 10.7. The molecule has 192 valence electrons. The van der Waals surface area contributed by atoms with Crippen LogP contribution in [0.25, 0.3) is 0 Å². The standard InChI is InChI=1S/C31H39NO4/c1-17(2)21-16-31-14-11-22-29(4,12-6-13-30(22,5)28(35)36)23(31)15-20(21)24-25(31)27(34)32(26(24)33)19-9-7-18(3)8-10-19/h7-10,16-17,20,22-25H,6,11-15H2,1-5H3,(H,35,36)/t20-,22+,23+,24-,25+,29+,30-,31+/m1/s1. The molecule has 7 rings (SSSR count). The molecule has 0 unspecified atom stereocenters. The molecule has 1 heterocycles. The third-order valence-electron chi connectivity index (χ3n) is 11.5. The molecule has 5 heteroatoms. The Morgan fingerprint density at radius 1 is 1.03 bits per heavy atom. The van der Waals surface area contributed by atoms with Crippen LogP contribution in [0.1, 0.15) is 71.8 Å². The number of anilines is 1. The van der Waals surface area contributed by atoms with Crippen LogP contribution in [0, 0.1) is 58.7 Å². The molecule has 0 aromatic heterocycles. The average Bonchev–Trinajstić information content (AvgIpc) is 3.11. The zero-order chi connectivity index (χ0) is 25.8. The van der Waals surface area contributed by atoms with Gasteiger partial charge in [0, 0.05) is 5.41 Å². The fraction of sp³-hybridized carbons (Fsp3) is 0.645. The van der Waals surface area contributed by atoms with E-state index in [1.165, 1.54) is 10.5 Å². The van der Waals surface area contributed by atoms with Crippen molar-refractivity contribution in [3.8, 4) is 0 Å². The maximum Gasteiger partial charge on any atom is 0.309 e. The van der Waals surface area contributed by atoms with Gasteiger partial charge < -0.3 is 5.11 Å². The molecule has 36 heavy (non-hydrogen) atoms. The Labute approximate surface area is 214 Å². The molecule has 4 fully saturated rings. The van der Waals surface area contributed by atoms with Crippen molar-refractivity contribution in [1.82, 2.24) is 0 Å². The predicted molar refractivity (Wildman–Crippen MR) is 138 cm³/mol. The normalized spacial score (nSPS) is 43.2. The number of carbonyl (C=O) groups is 3. The van der Waals surface area contributed by atoms with E-state index in [0.717, 1.165) is 44.1 Å². The van der Waals surface area contributed by atoms with E-state index in [4.69, 9.17) is 0 Å². The number of rotatable bonds is 3. The quantitative estimate of drug-likeness (QED) is 0.417. The maximum absolute atomic E-state index is 14.2. The number of carboxylic acid groups (broad SMARTS) is 1. The summed E-state index contributed by atoms with van der Waals surface area (Å²) in [5.41, 5.74) is 1.89. The van der Waals surface area contributed by atoms with Crippen molar-refractivity contribution in [3.63, 3.8) is 0 Å². The van der Waals surface area contributed by atoms with Crippen molar-refractivity contribution >= 4 is 23.5 Å². The van der Waals surface area contributed by atoms with Gasteiger partial charge in [0.25, 0.3) is 0 Å². The van der Waals surface area contributed by atoms with Gasteiger partial charge in [-0.2, -0.15) is 0 Å². The lowest BCUT2D eigenvalue weighted by molar-refractivity contribution is -0.194. The highest BCUT2D eigenvalue weighted by Gasteiger charge is 2.73. The van der Waals surface area contributed by atoms with Gasteiger partial charge in [0.15, 0.2) is 0 Å². The highest BCUT2D eigenvalue weighted by atomic mass is 16.4. The van der Waals surface area contributed by atoms with Gasteiger partial charge in [-0.05, 0) is 87.2 Å². The molecule has 2 amide bonds. The Kier molecular flexibility index (Phi) is 5.02. The van der Waals surface area contributed by atoms with Gasteiger partial charge in [-0.15, -0.1) is 0 Å². The van der Waals surface area contributed by atoms with E-state index >= 15 is 0 Å². The summed E-state index contributed by atoms with van der Waals surface area (Å²) < 4.78 is 0. The van der Waals surface area contributed by atoms with Crippen LogP contribution >= 0.6 is 0 Å². The summed E-state index contributed by atoms with van der Waals surface area (Å²) in [6, 6.07) is 7.72. The van der Waals surface area contributed by atoms with E-state index < -0.39 is 11.4 Å². The molecule has 5 aliphatic carbocycles. The first kappa shape index (κ1) is 23.9. The molecule has 1 N–H and O–H groups in total. The van der Waals surface area contributed by atoms with Gasteiger partial charge in [0.2, 0.25) is 11.8 Å². The van der Waals surface area contributed by atoms with Crippen LogP contribution in [0.3, 0.4) is 0 Å². The van der Waals surface area contributed by atoms with Crippen LogP contribution in [0.15, 0.2) is 35.9 Å². The Morgan fingerprint density at radius 2 is 1.72 bits per heavy atom. The van der Waals surface area contributed by atoms with E-state index in [-0.39, 0.29) is 52.2 Å². The lowest BCUT2D eigenvalue weighted by atomic mass is 9.34. The molecule has 3 saturated carbocycles. The van der Waals surface area contributed by atoms with E-state index in [1.807, 2.05) is 38.1 Å². The lowest BCUT2D eigenvalue weighted by Gasteiger charge is -2.68. The molecule has 1 aromatic carbocycles. The van der Waals surface area contributed by atoms with E-state index in [1.54, 1.807) is 0 Å². The molecular weight excluding hydrogens is 450 g/mol. The third-order valence-corrected chi connectivity index (χ3v) is 11.5. The number of hydrogen-bond donors (Lipinski definition) is 1. The number of allylic oxidation sites excluding steroid dienone is 2. The van der Waals surface area contributed by atoms with Gasteiger partial charge in [-0.1, -0.05) is 56.5 Å². The van der Waals surface area contributed by atoms with Crippen molar-refractivity contribution in [2.24, 2.45) is 51.8 Å². The van der Waals surface area contributed by atoms with Gasteiger partial charge in [-0.3, -0.25) is 19.3 Å². The van der Waals surface area contributed by atoms with Crippen LogP contribution in [0.2, 0.25) is 0 Å². The number of carboxylic acids is 1. The highest BCUT2D eigenvalue weighted by Crippen LogP contribution is 2.74. The molecule has 1 spiro atoms. The second-order valence-corrected chi connectivity index (χ2v) is 13.3. The number of aryl methyl sites for hydroxylation is 1. The third kappa shape index (κ3) is 2.80. The molecule has 5 nitrogen and oxygen atoms in total. The first-order valence-electron chi connectivity index (χ1n) is 13.9. The first-order chi connectivity index (χ1) is 17.0. The van der Waals surface area contributed by atoms with Crippen molar-refractivity contribution in [1.29, 1.82) is 0 Å². The summed E-state index contributed by atoms with van der Waals surface area (Å²) in [5, 5.41) is 10.3. The molecule has 1 aliphatic heterocycles. The van der Waals surface area contributed by atoms with Crippen molar-refractivity contribution in [3.05, 3.63) is 41.5 Å². The van der Waals surface area contributed by atoms with E-state index in [0.29, 0.717) is 11.6 Å². The van der Waals surface area contributed by atoms with Crippen LogP contribution in [-0.4, -0.2) is 22.9 Å². The summed E-state index contributed by atoms with van der Waals surface area (Å²) >= 11 is 0. The highest BCUT2D eigenvalue weighted by molar-refractivity contribution is 6.23. The first-order valence-corrected chi connectivity index (χ1v) is 13.9. The smallest absolute Gasteiger partial charge is 0.309 e. The minimum Gasteiger partial charge on any atom is -0.481 e. The summed E-state index contributed by atoms with van der Waals surface area (Å²) in [4.78, 5) is 42.3. The average molecular weight is 490 g/mol. The van der Waals surface area contributed by atoms with Crippen LogP contribution < -0.4 is 4.90 Å². The summed E-state index contributed by atoms with van der Waals surface area (Å²) in [6.07, 6.45) is 7.58. The summed E-state index contributed by atoms with van der Waals surface area (Å²) in [5.74, 6) is -0.679. The number of nitrogens with zero attached hydrogens (tertiary/aromatic N) is 1. The predicted octanol–water partition coefficient (Wildman–Crippen LogP) is 6.01. The Bertz CT molecular complexity index is 1180. The van der Waals surface area contributed by atoms with Crippen LogP contribution in [0.4, 0.5) is 5.69 Å². The van der Waals surface area contributed by atoms with Crippen molar-refractivity contribution < 1.29 is 19.5 Å². The van der Waals surface area contributed by atoms with Gasteiger partial charge in [-0.25, -0.2) is 0 Å². The molecular formula is C31H39NO4. The topological polar surface area (TPSA) is 74.7 Å². The molecule has 2 bridgehead atoms. The van der Waals surface area contributed by atoms with E-state index in [2.05, 4.69) is 26.8 Å². The molecule has 1 aromatic rings. The monoisotopic (exact) mass is 489 g/mol. The van der Waals surface area contributed by atoms with Gasteiger partial charge in [0.05, 0.1) is 22.9 Å². The number of fused-ring (bicyclic) bond motifs is 1. The van der Waals surface area contributed by atoms with Crippen LogP contribution in [-0.2, 0) is 14.4 Å². The van der Waals surface area contributed by atoms with Gasteiger partial charge >= 0.3 is 5.97 Å². The zero-order valence-corrected chi connectivity index (χ0v) is 22.2. The molecule has 0 radical (unpaired) electrons. The zero-order valence-electron chi connectivity index (χ0n) is 22.2. The Balaban J connectivity index is 1.49. The fourth-order valence-electron chi connectivity index (χ4n) is 9.91. The number of aliphatic carboxylic acids is 1. The lowest BCUT2D eigenvalue weighted by Crippen LogP contribution is -2.65. The largest absolute Gasteiger partial charge is 0.481 e. The SMILES string of the molecule is Cc1ccc(N2C(=O)[C@@H]3[C@@H]4C[C@H]5[C@@]6(C)CCC[C@@](C)(C(=O)O)[C@H]6CC[C@@]5(C=C4C(C)C)[C@@H]3C2=O)cc1. The number of benzene rings is 1. The number of hydrogen-bond acceptors (Lipinski definition) is 3. The Morgan fingerprint density at radius 3 is 2.36 bits per heavy atom. The number of imide groups is 1. The maximum atomic E-state index is 14.2. The number of carbonyl (C=O) groups excluding carboxylic acids is 2. The minimum absolute atomic E-state index is 0.0331. The summed E-state index contributed by atoms with van der Waals surface area (Å²) in [7, 11) is 0. The minimum atomic E-state index is -0.723. The Hall–Kier alpha value is -2.43. The molecule has 6 aliphatic rings.